The van der Waals surface area contributed by atoms with E-state index in [0.29, 0.717) is 31.0 Å². The second-order valence-corrected chi connectivity index (χ2v) is 13.1. The number of amides is 1. The second kappa shape index (κ2) is 11.7. The SMILES string of the molecule is CCCCC1=NC2(CCCC2)C(=O)N1Cc1ccc(-c2ccccc2S(=O)(=O)Nc2ncc(C)nc2OC)c2c1COC2. The van der Waals surface area contributed by atoms with Crippen LogP contribution in [-0.2, 0) is 39.3 Å². The van der Waals surface area contributed by atoms with E-state index in [1.807, 2.05) is 23.1 Å². The summed E-state index contributed by atoms with van der Waals surface area (Å²) < 4.78 is 41.2. The Morgan fingerprint density at radius 1 is 1.07 bits per heavy atom. The normalized spacial score (nSPS) is 17.4. The van der Waals surface area contributed by atoms with Crippen molar-refractivity contribution >= 4 is 27.6 Å². The Morgan fingerprint density at radius 2 is 1.84 bits per heavy atom. The fourth-order valence-corrected chi connectivity index (χ4v) is 7.61. The van der Waals surface area contributed by atoms with Crippen molar-refractivity contribution in [2.75, 3.05) is 11.8 Å². The van der Waals surface area contributed by atoms with Crippen LogP contribution in [0, 0.1) is 6.92 Å². The number of benzene rings is 2. The van der Waals surface area contributed by atoms with E-state index < -0.39 is 15.6 Å². The number of sulfonamides is 1. The fourth-order valence-electron chi connectivity index (χ4n) is 6.38. The van der Waals surface area contributed by atoms with Crippen LogP contribution in [0.15, 0.2) is 52.5 Å². The van der Waals surface area contributed by atoms with Crippen molar-refractivity contribution in [2.24, 2.45) is 4.99 Å². The van der Waals surface area contributed by atoms with E-state index in [4.69, 9.17) is 14.5 Å². The first kappa shape index (κ1) is 29.3. The number of aliphatic imine (C=N–C) groups is 1. The van der Waals surface area contributed by atoms with Gasteiger partial charge < -0.3 is 9.47 Å². The first-order valence-corrected chi connectivity index (χ1v) is 16.4. The van der Waals surface area contributed by atoms with Gasteiger partial charge in [0.2, 0.25) is 5.82 Å². The largest absolute Gasteiger partial charge is 0.478 e. The zero-order valence-electron chi connectivity index (χ0n) is 24.9. The van der Waals surface area contributed by atoms with E-state index >= 15 is 0 Å². The third-order valence-corrected chi connectivity index (χ3v) is 9.98. The van der Waals surface area contributed by atoms with Crippen LogP contribution in [-0.4, -0.2) is 47.7 Å². The Hall–Kier alpha value is -3.83. The van der Waals surface area contributed by atoms with Gasteiger partial charge in [-0.2, -0.15) is 0 Å². The second-order valence-electron chi connectivity index (χ2n) is 11.5. The molecule has 1 fully saturated rings. The molecule has 3 heterocycles. The Morgan fingerprint density at radius 3 is 2.60 bits per heavy atom. The van der Waals surface area contributed by atoms with Gasteiger partial charge in [0.15, 0.2) is 0 Å². The molecule has 10 nitrogen and oxygen atoms in total. The van der Waals surface area contributed by atoms with Crippen LogP contribution in [0.4, 0.5) is 5.82 Å². The van der Waals surface area contributed by atoms with Gasteiger partial charge in [0.1, 0.15) is 11.4 Å². The number of hydrogen-bond acceptors (Lipinski definition) is 8. The molecule has 0 unspecified atom stereocenters. The van der Waals surface area contributed by atoms with Crippen molar-refractivity contribution in [1.29, 1.82) is 0 Å². The molecule has 1 aromatic heterocycles. The number of unbranched alkanes of at least 4 members (excludes halogenated alkanes) is 1. The number of nitrogens with zero attached hydrogens (tertiary/aromatic N) is 4. The minimum atomic E-state index is -4.06. The third kappa shape index (κ3) is 5.40. The first-order chi connectivity index (χ1) is 20.8. The van der Waals surface area contributed by atoms with E-state index in [1.165, 1.54) is 13.3 Å². The lowest BCUT2D eigenvalue weighted by atomic mass is 9.93. The highest BCUT2D eigenvalue weighted by Gasteiger charge is 2.49. The number of ether oxygens (including phenoxy) is 2. The van der Waals surface area contributed by atoms with Crippen molar-refractivity contribution < 1.29 is 22.7 Å². The van der Waals surface area contributed by atoms with Crippen LogP contribution in [0.2, 0.25) is 0 Å². The predicted molar refractivity (Wildman–Crippen MR) is 163 cm³/mol. The molecular weight excluding hydrogens is 566 g/mol. The number of amidine groups is 1. The number of nitrogens with one attached hydrogen (secondary N) is 1. The lowest BCUT2D eigenvalue weighted by molar-refractivity contribution is -0.131. The number of carbonyl (C=O) groups excluding carboxylic acids is 1. The molecule has 1 spiro atoms. The molecule has 0 bridgehead atoms. The van der Waals surface area contributed by atoms with Gasteiger partial charge in [-0.15, -0.1) is 0 Å². The summed E-state index contributed by atoms with van der Waals surface area (Å²) in [4.78, 5) is 29.2. The minimum absolute atomic E-state index is 0.0164. The summed E-state index contributed by atoms with van der Waals surface area (Å²) >= 11 is 0. The number of aryl methyl sites for hydroxylation is 1. The van der Waals surface area contributed by atoms with Gasteiger partial charge in [-0.25, -0.2) is 18.4 Å². The van der Waals surface area contributed by atoms with Gasteiger partial charge in [-0.1, -0.05) is 56.5 Å². The average Bonchev–Trinajstić information content (AvgIpc) is 3.74. The Labute approximate surface area is 252 Å². The van der Waals surface area contributed by atoms with Crippen LogP contribution in [0.3, 0.4) is 0 Å². The molecule has 1 N–H and O–H groups in total. The summed E-state index contributed by atoms with van der Waals surface area (Å²) in [5.41, 5.74) is 4.28. The molecule has 0 radical (unpaired) electrons. The standard InChI is InChI=1S/C32H37N5O5S/c1-4-5-12-28-35-32(15-8-9-16-32)31(38)37(28)18-22-13-14-23(26-20-42-19-25(22)26)24-10-6-7-11-27(24)43(39,40)36-29-30(41-3)34-21(2)17-33-29/h6-7,10-11,13-14,17H,4-5,8-9,12,15-16,18-20H2,1-3H3,(H,33,36). The van der Waals surface area contributed by atoms with Crippen LogP contribution in [0.5, 0.6) is 5.88 Å². The van der Waals surface area contributed by atoms with Crippen LogP contribution < -0.4 is 9.46 Å². The molecule has 0 atom stereocenters. The highest BCUT2D eigenvalue weighted by Crippen LogP contribution is 2.42. The van der Waals surface area contributed by atoms with E-state index in [-0.39, 0.29) is 22.5 Å². The van der Waals surface area contributed by atoms with Gasteiger partial charge in [0.25, 0.3) is 21.8 Å². The average molecular weight is 604 g/mol. The van der Waals surface area contributed by atoms with Crippen molar-refractivity contribution in [1.82, 2.24) is 14.9 Å². The topological polar surface area (TPSA) is 123 Å². The number of rotatable bonds is 10. The number of anilines is 1. The lowest BCUT2D eigenvalue weighted by Crippen LogP contribution is -2.40. The molecule has 1 saturated carbocycles. The zero-order chi connectivity index (χ0) is 30.2. The Balaban J connectivity index is 1.34. The van der Waals surface area contributed by atoms with E-state index in [2.05, 4.69) is 21.6 Å². The maximum absolute atomic E-state index is 13.8. The van der Waals surface area contributed by atoms with Crippen molar-refractivity contribution in [2.45, 2.75) is 89.0 Å². The van der Waals surface area contributed by atoms with E-state index in [0.717, 1.165) is 73.0 Å². The summed E-state index contributed by atoms with van der Waals surface area (Å²) in [5, 5.41) is 0. The molecule has 226 valence electrons. The molecule has 6 rings (SSSR count). The molecule has 3 aromatic rings. The molecule has 11 heteroatoms. The van der Waals surface area contributed by atoms with Gasteiger partial charge in [-0.05, 0) is 54.5 Å². The number of fused-ring (bicyclic) bond motifs is 1. The number of carbonyl (C=O) groups is 1. The molecular formula is C32H37N5O5S. The summed E-state index contributed by atoms with van der Waals surface area (Å²) in [5.74, 6) is 1.12. The van der Waals surface area contributed by atoms with Crippen LogP contribution >= 0.6 is 0 Å². The number of hydrogen-bond donors (Lipinski definition) is 1. The fraction of sp³-hybridized carbons (Fsp3) is 0.438. The lowest BCUT2D eigenvalue weighted by Gasteiger charge is -2.24. The van der Waals surface area contributed by atoms with Gasteiger partial charge >= 0.3 is 0 Å². The molecule has 3 aliphatic rings. The van der Waals surface area contributed by atoms with Gasteiger partial charge in [0, 0.05) is 12.0 Å². The van der Waals surface area contributed by atoms with Crippen molar-refractivity contribution in [3.63, 3.8) is 0 Å². The minimum Gasteiger partial charge on any atom is -0.478 e. The molecule has 2 aromatic carbocycles. The molecule has 1 amide bonds. The molecule has 1 aliphatic carbocycles. The first-order valence-electron chi connectivity index (χ1n) is 14.9. The third-order valence-electron chi connectivity index (χ3n) is 8.58. The van der Waals surface area contributed by atoms with E-state index in [9.17, 15) is 13.2 Å². The quantitative estimate of drug-likeness (QED) is 0.323. The van der Waals surface area contributed by atoms with Crippen molar-refractivity contribution in [3.05, 3.63) is 65.0 Å². The maximum atomic E-state index is 13.8. The summed E-state index contributed by atoms with van der Waals surface area (Å²) in [6.45, 7) is 5.08. The van der Waals surface area contributed by atoms with Crippen LogP contribution in [0.25, 0.3) is 11.1 Å². The maximum Gasteiger partial charge on any atom is 0.263 e. The summed E-state index contributed by atoms with van der Waals surface area (Å²) in [6, 6.07) is 10.8. The van der Waals surface area contributed by atoms with Crippen molar-refractivity contribution in [3.8, 4) is 17.0 Å². The monoisotopic (exact) mass is 603 g/mol. The van der Waals surface area contributed by atoms with Crippen LogP contribution in [0.1, 0.15) is 74.3 Å². The summed E-state index contributed by atoms with van der Waals surface area (Å²) in [6.07, 6.45) is 7.98. The van der Waals surface area contributed by atoms with E-state index in [1.54, 1.807) is 25.1 Å². The molecule has 2 aliphatic heterocycles. The summed E-state index contributed by atoms with van der Waals surface area (Å²) in [7, 11) is -2.64. The van der Waals surface area contributed by atoms with Gasteiger partial charge in [-0.3, -0.25) is 19.4 Å². The highest BCUT2D eigenvalue weighted by atomic mass is 32.2. The smallest absolute Gasteiger partial charge is 0.263 e. The number of methoxy groups -OCH3 is 1. The Kier molecular flexibility index (Phi) is 7.95. The van der Waals surface area contributed by atoms with Gasteiger partial charge in [0.05, 0.1) is 43.7 Å². The zero-order valence-corrected chi connectivity index (χ0v) is 25.7. The Bertz CT molecular complexity index is 1700. The predicted octanol–water partition coefficient (Wildman–Crippen LogP) is 5.54. The highest BCUT2D eigenvalue weighted by molar-refractivity contribution is 7.92. The molecule has 0 saturated heterocycles. The molecule has 43 heavy (non-hydrogen) atoms. The number of aromatic nitrogens is 2.